The fourth-order valence-corrected chi connectivity index (χ4v) is 2.93. The Balaban J connectivity index is 1.37. The van der Waals surface area contributed by atoms with Crippen molar-refractivity contribution in [3.63, 3.8) is 0 Å². The Kier molecular flexibility index (Phi) is 5.65. The topological polar surface area (TPSA) is 80.5 Å². The quantitative estimate of drug-likeness (QED) is 0.460. The molecule has 0 unspecified atom stereocenters. The van der Waals surface area contributed by atoms with E-state index in [0.29, 0.717) is 18.1 Å². The Morgan fingerprint density at radius 3 is 2.35 bits per heavy atom. The number of halogens is 2. The van der Waals surface area contributed by atoms with E-state index in [1.807, 2.05) is 37.5 Å². The van der Waals surface area contributed by atoms with E-state index in [0.717, 1.165) is 34.6 Å². The second-order valence-electron chi connectivity index (χ2n) is 6.91. The molecule has 0 saturated heterocycles. The third-order valence-corrected chi connectivity index (χ3v) is 4.43. The van der Waals surface area contributed by atoms with E-state index < -0.39 is 11.6 Å². The molecule has 4 aromatic rings. The summed E-state index contributed by atoms with van der Waals surface area (Å²) in [6, 6.07) is 8.85. The van der Waals surface area contributed by atoms with Crippen molar-refractivity contribution in [1.29, 1.82) is 0 Å². The molecule has 7 nitrogen and oxygen atoms in total. The summed E-state index contributed by atoms with van der Waals surface area (Å²) >= 11 is 0. The average Bonchev–Trinajstić information content (AvgIpc) is 3.16. The molecule has 31 heavy (non-hydrogen) atoms. The van der Waals surface area contributed by atoms with Gasteiger partial charge in [0.15, 0.2) is 11.6 Å². The van der Waals surface area contributed by atoms with E-state index in [9.17, 15) is 8.78 Å². The van der Waals surface area contributed by atoms with E-state index in [1.165, 1.54) is 0 Å². The minimum atomic E-state index is -0.989. The SMILES string of the molecule is C=C(Cc1ccc(-c2cnc(Nc3cnn(C)c3)nc2)cc1)Nc1cc(F)c(F)cn1. The van der Waals surface area contributed by atoms with Crippen LogP contribution in [0.2, 0.25) is 0 Å². The Hall–Kier alpha value is -4.14. The largest absolute Gasteiger partial charge is 0.344 e. The summed E-state index contributed by atoms with van der Waals surface area (Å²) < 4.78 is 28.0. The fraction of sp³-hybridized carbons (Fsp3) is 0.0909. The molecule has 0 aliphatic rings. The predicted octanol–water partition coefficient (Wildman–Crippen LogP) is 4.46. The monoisotopic (exact) mass is 419 g/mol. The van der Waals surface area contributed by atoms with Crippen LogP contribution in [0, 0.1) is 11.6 Å². The Morgan fingerprint density at radius 1 is 0.968 bits per heavy atom. The first-order valence-corrected chi connectivity index (χ1v) is 9.39. The molecule has 0 bridgehead atoms. The van der Waals surface area contributed by atoms with Gasteiger partial charge in [-0.1, -0.05) is 30.8 Å². The van der Waals surface area contributed by atoms with Gasteiger partial charge in [0.2, 0.25) is 5.95 Å². The molecule has 3 heterocycles. The van der Waals surface area contributed by atoms with Crippen LogP contribution in [-0.4, -0.2) is 24.7 Å². The van der Waals surface area contributed by atoms with E-state index >= 15 is 0 Å². The van der Waals surface area contributed by atoms with Crippen LogP contribution in [0.15, 0.2) is 73.6 Å². The average molecular weight is 419 g/mol. The van der Waals surface area contributed by atoms with Crippen molar-refractivity contribution in [2.24, 2.45) is 7.05 Å². The molecule has 0 aliphatic carbocycles. The highest BCUT2D eigenvalue weighted by Crippen LogP contribution is 2.21. The zero-order chi connectivity index (χ0) is 21.8. The van der Waals surface area contributed by atoms with Crippen LogP contribution >= 0.6 is 0 Å². The molecule has 1 aromatic carbocycles. The number of anilines is 3. The highest BCUT2D eigenvalue weighted by atomic mass is 19.2. The summed E-state index contributed by atoms with van der Waals surface area (Å²) in [5, 5.41) is 10.1. The first kappa shape index (κ1) is 20.1. The van der Waals surface area contributed by atoms with Gasteiger partial charge in [0, 0.05) is 49.4 Å². The first-order chi connectivity index (χ1) is 15.0. The van der Waals surface area contributed by atoms with E-state index in [-0.39, 0.29) is 5.82 Å². The number of nitrogens with one attached hydrogen (secondary N) is 2. The van der Waals surface area contributed by atoms with Crippen LogP contribution in [0.3, 0.4) is 0 Å². The summed E-state index contributed by atoms with van der Waals surface area (Å²) in [4.78, 5) is 12.5. The lowest BCUT2D eigenvalue weighted by atomic mass is 10.0. The van der Waals surface area contributed by atoms with Gasteiger partial charge < -0.3 is 10.6 Å². The lowest BCUT2D eigenvalue weighted by Crippen LogP contribution is -2.04. The van der Waals surface area contributed by atoms with Crippen LogP contribution in [0.4, 0.5) is 26.2 Å². The molecule has 0 spiro atoms. The minimum Gasteiger partial charge on any atom is -0.344 e. The van der Waals surface area contributed by atoms with Crippen LogP contribution in [0.1, 0.15) is 5.56 Å². The normalized spacial score (nSPS) is 10.7. The fourth-order valence-electron chi connectivity index (χ4n) is 2.93. The van der Waals surface area contributed by atoms with Gasteiger partial charge in [0.25, 0.3) is 0 Å². The summed E-state index contributed by atoms with van der Waals surface area (Å²) in [7, 11) is 1.84. The molecule has 156 valence electrons. The van der Waals surface area contributed by atoms with Crippen molar-refractivity contribution in [2.45, 2.75) is 6.42 Å². The van der Waals surface area contributed by atoms with Crippen molar-refractivity contribution in [3.8, 4) is 11.1 Å². The number of benzene rings is 1. The van der Waals surface area contributed by atoms with Crippen molar-refractivity contribution in [2.75, 3.05) is 10.6 Å². The van der Waals surface area contributed by atoms with Crippen LogP contribution < -0.4 is 10.6 Å². The molecular weight excluding hydrogens is 400 g/mol. The van der Waals surface area contributed by atoms with Crippen LogP contribution in [0.25, 0.3) is 11.1 Å². The van der Waals surface area contributed by atoms with Gasteiger partial charge >= 0.3 is 0 Å². The number of nitrogens with zero attached hydrogens (tertiary/aromatic N) is 5. The smallest absolute Gasteiger partial charge is 0.227 e. The Morgan fingerprint density at radius 2 is 1.71 bits per heavy atom. The van der Waals surface area contributed by atoms with E-state index in [1.54, 1.807) is 23.3 Å². The van der Waals surface area contributed by atoms with Crippen LogP contribution in [-0.2, 0) is 13.5 Å². The first-order valence-electron chi connectivity index (χ1n) is 9.39. The molecule has 2 N–H and O–H groups in total. The summed E-state index contributed by atoms with van der Waals surface area (Å²) in [6.45, 7) is 3.92. The van der Waals surface area contributed by atoms with Crippen molar-refractivity contribution in [1.82, 2.24) is 24.7 Å². The molecule has 0 amide bonds. The standard InChI is InChI=1S/C22H19F2N7/c1-14(29-21-8-19(23)20(24)12-25-21)7-15-3-5-16(6-4-15)17-9-26-22(27-10-17)30-18-11-28-31(2)13-18/h3-6,8-13H,1,7H2,2H3,(H,25,29)(H,26,27,30). The van der Waals surface area contributed by atoms with E-state index in [2.05, 4.69) is 37.3 Å². The number of allylic oxidation sites excluding steroid dienone is 1. The second kappa shape index (κ2) is 8.70. The number of pyridine rings is 1. The van der Waals surface area contributed by atoms with Crippen molar-refractivity contribution >= 4 is 17.5 Å². The van der Waals surface area contributed by atoms with Gasteiger partial charge in [0.1, 0.15) is 5.82 Å². The number of aromatic nitrogens is 5. The lowest BCUT2D eigenvalue weighted by molar-refractivity contribution is 0.504. The minimum absolute atomic E-state index is 0.206. The Bertz CT molecular complexity index is 1200. The molecule has 0 aliphatic heterocycles. The highest BCUT2D eigenvalue weighted by molar-refractivity contribution is 5.63. The van der Waals surface area contributed by atoms with Gasteiger partial charge in [-0.15, -0.1) is 0 Å². The van der Waals surface area contributed by atoms with Gasteiger partial charge in [-0.05, 0) is 11.1 Å². The maximum atomic E-state index is 13.3. The molecule has 0 atom stereocenters. The Labute approximate surface area is 177 Å². The molecule has 3 aromatic heterocycles. The molecule has 0 radical (unpaired) electrons. The molecule has 0 fully saturated rings. The molecule has 9 heteroatoms. The van der Waals surface area contributed by atoms with Crippen LogP contribution in [0.5, 0.6) is 0 Å². The molecule has 0 saturated carbocycles. The third-order valence-electron chi connectivity index (χ3n) is 4.43. The van der Waals surface area contributed by atoms with E-state index in [4.69, 9.17) is 0 Å². The maximum absolute atomic E-state index is 13.3. The zero-order valence-electron chi connectivity index (χ0n) is 16.7. The van der Waals surface area contributed by atoms with Gasteiger partial charge in [0.05, 0.1) is 18.1 Å². The van der Waals surface area contributed by atoms with Crippen molar-refractivity contribution < 1.29 is 8.78 Å². The number of hydrogen-bond donors (Lipinski definition) is 2. The molecule has 4 rings (SSSR count). The third kappa shape index (κ3) is 5.08. The summed E-state index contributed by atoms with van der Waals surface area (Å²) in [5.41, 5.74) is 4.27. The summed E-state index contributed by atoms with van der Waals surface area (Å²) in [6.07, 6.45) is 8.36. The van der Waals surface area contributed by atoms with Crippen molar-refractivity contribution in [3.05, 3.63) is 90.8 Å². The number of hydrogen-bond acceptors (Lipinski definition) is 6. The highest BCUT2D eigenvalue weighted by Gasteiger charge is 2.06. The second-order valence-corrected chi connectivity index (χ2v) is 6.91. The maximum Gasteiger partial charge on any atom is 0.227 e. The lowest BCUT2D eigenvalue weighted by Gasteiger charge is -2.10. The van der Waals surface area contributed by atoms with Gasteiger partial charge in [-0.3, -0.25) is 4.68 Å². The number of aryl methyl sites for hydroxylation is 1. The van der Waals surface area contributed by atoms with Gasteiger partial charge in [-0.25, -0.2) is 23.7 Å². The summed E-state index contributed by atoms with van der Waals surface area (Å²) in [5.74, 6) is -1.26. The molecular formula is C22H19F2N7. The van der Waals surface area contributed by atoms with Gasteiger partial charge in [-0.2, -0.15) is 5.10 Å². The predicted molar refractivity (Wildman–Crippen MR) is 115 cm³/mol. The number of rotatable bonds is 7. The zero-order valence-corrected chi connectivity index (χ0v) is 16.7.